The first-order chi connectivity index (χ1) is 13.3. The smallest absolute Gasteiger partial charge is 0.362 e. The van der Waals surface area contributed by atoms with Crippen molar-refractivity contribution < 1.29 is 33.5 Å². The van der Waals surface area contributed by atoms with Crippen LogP contribution in [0.25, 0.3) is 0 Å². The summed E-state index contributed by atoms with van der Waals surface area (Å²) in [5, 5.41) is 19.3. The normalized spacial score (nSPS) is 10.3. The summed E-state index contributed by atoms with van der Waals surface area (Å²) in [6.45, 7) is 3.23. The molecule has 0 aromatic carbocycles. The average Bonchev–Trinajstić information content (AvgIpc) is 3.22. The SMILES string of the molecule is CCOC(=O)c1sc(NC(=O)c2[nH]nc(OC)c2[N+](=O)[O-])c(C(=O)OC)c1C. The molecule has 0 atom stereocenters. The number of aromatic nitrogens is 2. The number of nitrogens with zero attached hydrogens (tertiary/aromatic N) is 2. The quantitative estimate of drug-likeness (QED) is 0.393. The third kappa shape index (κ3) is 3.78. The van der Waals surface area contributed by atoms with Gasteiger partial charge >= 0.3 is 23.5 Å². The molecule has 0 bridgehead atoms. The Morgan fingerprint density at radius 3 is 2.50 bits per heavy atom. The van der Waals surface area contributed by atoms with Crippen LogP contribution in [0.3, 0.4) is 0 Å². The number of anilines is 1. The fourth-order valence-corrected chi connectivity index (χ4v) is 3.38. The number of thiophene rings is 1. The summed E-state index contributed by atoms with van der Waals surface area (Å²) in [7, 11) is 2.30. The molecule has 0 fully saturated rings. The minimum Gasteiger partial charge on any atom is -0.475 e. The van der Waals surface area contributed by atoms with Crippen LogP contribution in [0.5, 0.6) is 5.88 Å². The van der Waals surface area contributed by atoms with Crippen LogP contribution >= 0.6 is 11.3 Å². The lowest BCUT2D eigenvalue weighted by atomic mass is 10.1. The molecule has 0 aliphatic heterocycles. The zero-order valence-electron chi connectivity index (χ0n) is 15.3. The molecule has 0 unspecified atom stereocenters. The Balaban J connectivity index is 2.48. The second-order valence-electron chi connectivity index (χ2n) is 5.14. The Kier molecular flexibility index (Phi) is 6.30. The van der Waals surface area contributed by atoms with Crippen LogP contribution in [-0.4, -0.2) is 53.8 Å². The van der Waals surface area contributed by atoms with E-state index in [1.807, 2.05) is 0 Å². The highest BCUT2D eigenvalue weighted by Gasteiger charge is 2.32. The van der Waals surface area contributed by atoms with Crippen LogP contribution < -0.4 is 10.1 Å². The Morgan fingerprint density at radius 2 is 1.96 bits per heavy atom. The van der Waals surface area contributed by atoms with Gasteiger partial charge in [0.25, 0.3) is 5.91 Å². The van der Waals surface area contributed by atoms with Gasteiger partial charge in [0.2, 0.25) is 5.69 Å². The largest absolute Gasteiger partial charge is 0.475 e. The van der Waals surface area contributed by atoms with Gasteiger partial charge in [0.1, 0.15) is 9.88 Å². The van der Waals surface area contributed by atoms with Crippen molar-refractivity contribution in [3.8, 4) is 5.88 Å². The lowest BCUT2D eigenvalue weighted by Gasteiger charge is -2.05. The highest BCUT2D eigenvalue weighted by molar-refractivity contribution is 7.18. The summed E-state index contributed by atoms with van der Waals surface area (Å²) < 4.78 is 14.4. The third-order valence-electron chi connectivity index (χ3n) is 3.54. The molecular formula is C15H16N4O8S. The summed E-state index contributed by atoms with van der Waals surface area (Å²) >= 11 is 0.785. The van der Waals surface area contributed by atoms with E-state index < -0.39 is 34.2 Å². The van der Waals surface area contributed by atoms with Crippen LogP contribution in [0.4, 0.5) is 10.7 Å². The monoisotopic (exact) mass is 412 g/mol. The number of esters is 2. The molecule has 150 valence electrons. The van der Waals surface area contributed by atoms with Crippen molar-refractivity contribution >= 4 is 39.9 Å². The van der Waals surface area contributed by atoms with Crippen LogP contribution in [0.1, 0.15) is 43.0 Å². The van der Waals surface area contributed by atoms with E-state index in [2.05, 4.69) is 15.5 Å². The number of nitrogens with one attached hydrogen (secondary N) is 2. The first-order valence-electron chi connectivity index (χ1n) is 7.73. The number of carbonyl (C=O) groups is 3. The molecule has 0 radical (unpaired) electrons. The minimum atomic E-state index is -0.954. The van der Waals surface area contributed by atoms with E-state index in [0.29, 0.717) is 0 Å². The number of nitro groups is 1. The van der Waals surface area contributed by atoms with E-state index >= 15 is 0 Å². The number of carbonyl (C=O) groups excluding carboxylic acids is 3. The number of ether oxygens (including phenoxy) is 3. The number of H-pyrrole nitrogens is 1. The molecule has 2 heterocycles. The van der Waals surface area contributed by atoms with Gasteiger partial charge in [0.05, 0.1) is 31.3 Å². The first kappa shape index (κ1) is 20.8. The summed E-state index contributed by atoms with van der Waals surface area (Å²) in [5.41, 5.74) is -0.958. The van der Waals surface area contributed by atoms with Crippen LogP contribution in [0, 0.1) is 17.0 Å². The van der Waals surface area contributed by atoms with Gasteiger partial charge in [-0.15, -0.1) is 16.4 Å². The van der Waals surface area contributed by atoms with Gasteiger partial charge in [-0.3, -0.25) is 20.0 Å². The Bertz CT molecular complexity index is 948. The molecule has 0 spiro atoms. The molecule has 2 rings (SSSR count). The molecule has 2 aromatic rings. The predicted molar refractivity (Wildman–Crippen MR) is 96.1 cm³/mol. The van der Waals surface area contributed by atoms with E-state index in [-0.39, 0.29) is 33.5 Å². The second kappa shape index (κ2) is 8.47. The lowest BCUT2D eigenvalue weighted by molar-refractivity contribution is -0.386. The Hall–Kier alpha value is -3.48. The van der Waals surface area contributed by atoms with Gasteiger partial charge in [-0.25, -0.2) is 9.59 Å². The molecule has 12 nitrogen and oxygen atoms in total. The fraction of sp³-hybridized carbons (Fsp3) is 0.333. The summed E-state index contributed by atoms with van der Waals surface area (Å²) in [6.07, 6.45) is 0. The van der Waals surface area contributed by atoms with E-state index in [1.165, 1.54) is 6.92 Å². The molecule has 2 N–H and O–H groups in total. The fourth-order valence-electron chi connectivity index (χ4n) is 2.30. The molecular weight excluding hydrogens is 396 g/mol. The van der Waals surface area contributed by atoms with Crippen molar-refractivity contribution in [2.75, 3.05) is 26.1 Å². The lowest BCUT2D eigenvalue weighted by Crippen LogP contribution is -2.16. The van der Waals surface area contributed by atoms with Gasteiger partial charge < -0.3 is 19.5 Å². The van der Waals surface area contributed by atoms with Crippen LogP contribution in [0.2, 0.25) is 0 Å². The maximum atomic E-state index is 12.5. The average molecular weight is 412 g/mol. The van der Waals surface area contributed by atoms with Gasteiger partial charge in [0.15, 0.2) is 0 Å². The van der Waals surface area contributed by atoms with E-state index in [1.54, 1.807) is 6.92 Å². The minimum absolute atomic E-state index is 0.0275. The molecule has 1 amide bonds. The number of amides is 1. The van der Waals surface area contributed by atoms with Crippen molar-refractivity contribution in [3.05, 3.63) is 31.8 Å². The Labute approximate surface area is 161 Å². The first-order valence-corrected chi connectivity index (χ1v) is 8.55. The number of rotatable bonds is 7. The maximum absolute atomic E-state index is 12.5. The number of aromatic amines is 1. The van der Waals surface area contributed by atoms with Gasteiger partial charge in [-0.2, -0.15) is 0 Å². The van der Waals surface area contributed by atoms with Crippen molar-refractivity contribution in [2.24, 2.45) is 0 Å². The number of hydrogen-bond donors (Lipinski definition) is 2. The van der Waals surface area contributed by atoms with Gasteiger partial charge in [-0.05, 0) is 19.4 Å². The van der Waals surface area contributed by atoms with Crippen molar-refractivity contribution in [1.82, 2.24) is 10.2 Å². The molecule has 0 aliphatic carbocycles. The van der Waals surface area contributed by atoms with Crippen molar-refractivity contribution in [1.29, 1.82) is 0 Å². The standard InChI is InChI=1S/C15H16N4O8S/c1-5-27-15(22)10-6(2)7(14(21)26-4)13(28-10)16-11(20)8-9(19(23)24)12(25-3)18-17-8/h5H2,1-4H3,(H,16,20)(H,17,18). The summed E-state index contributed by atoms with van der Waals surface area (Å²) in [5.74, 6) is -2.80. The van der Waals surface area contributed by atoms with E-state index in [0.717, 1.165) is 25.6 Å². The molecule has 0 saturated heterocycles. The van der Waals surface area contributed by atoms with Gasteiger partial charge in [-0.1, -0.05) is 0 Å². The summed E-state index contributed by atoms with van der Waals surface area (Å²) in [4.78, 5) is 47.2. The zero-order chi connectivity index (χ0) is 21.0. The maximum Gasteiger partial charge on any atom is 0.362 e. The van der Waals surface area contributed by atoms with E-state index in [4.69, 9.17) is 14.2 Å². The molecule has 28 heavy (non-hydrogen) atoms. The number of methoxy groups -OCH3 is 2. The zero-order valence-corrected chi connectivity index (χ0v) is 16.1. The van der Waals surface area contributed by atoms with Crippen molar-refractivity contribution in [3.63, 3.8) is 0 Å². The molecule has 13 heteroatoms. The van der Waals surface area contributed by atoms with Crippen LogP contribution in [0.15, 0.2) is 0 Å². The summed E-state index contributed by atoms with van der Waals surface area (Å²) in [6, 6.07) is 0. The highest BCUT2D eigenvalue weighted by atomic mass is 32.1. The molecule has 0 saturated carbocycles. The third-order valence-corrected chi connectivity index (χ3v) is 4.72. The van der Waals surface area contributed by atoms with Gasteiger partial charge in [0, 0.05) is 0 Å². The highest BCUT2D eigenvalue weighted by Crippen LogP contribution is 2.35. The molecule has 0 aliphatic rings. The number of hydrogen-bond acceptors (Lipinski definition) is 10. The van der Waals surface area contributed by atoms with Crippen LogP contribution in [-0.2, 0) is 9.47 Å². The van der Waals surface area contributed by atoms with E-state index in [9.17, 15) is 24.5 Å². The predicted octanol–water partition coefficient (Wildman–Crippen LogP) is 1.91. The molecule has 2 aromatic heterocycles. The van der Waals surface area contributed by atoms with Crippen molar-refractivity contribution in [2.45, 2.75) is 13.8 Å². The topological polar surface area (TPSA) is 163 Å². The Morgan fingerprint density at radius 1 is 1.29 bits per heavy atom. The second-order valence-corrected chi connectivity index (χ2v) is 6.16.